The highest BCUT2D eigenvalue weighted by Gasteiger charge is 2.28. The van der Waals surface area contributed by atoms with Crippen molar-refractivity contribution in [2.24, 2.45) is 0 Å². The molecule has 0 amide bonds. The average molecular weight is 252 g/mol. The molecule has 0 bridgehead atoms. The highest BCUT2D eigenvalue weighted by Crippen LogP contribution is 2.37. The number of nitrogens with two attached hydrogens (primary N) is 1. The van der Waals surface area contributed by atoms with Crippen molar-refractivity contribution < 1.29 is 4.74 Å². The molecule has 1 saturated heterocycles. The van der Waals surface area contributed by atoms with Crippen LogP contribution in [0.25, 0.3) is 0 Å². The molecule has 0 spiro atoms. The van der Waals surface area contributed by atoms with E-state index in [1.807, 2.05) is 23.9 Å². The third-order valence-electron chi connectivity index (χ3n) is 3.03. The van der Waals surface area contributed by atoms with E-state index in [4.69, 9.17) is 10.5 Å². The van der Waals surface area contributed by atoms with Crippen molar-refractivity contribution in [3.63, 3.8) is 0 Å². The summed E-state index contributed by atoms with van der Waals surface area (Å²) in [4.78, 5) is 2.36. The predicted molar refractivity (Wildman–Crippen MR) is 76.2 cm³/mol. The van der Waals surface area contributed by atoms with Crippen molar-refractivity contribution >= 4 is 23.1 Å². The smallest absolute Gasteiger partial charge is 0.143 e. The minimum atomic E-state index is 0.285. The summed E-state index contributed by atoms with van der Waals surface area (Å²) in [5.41, 5.74) is 7.98. The first-order valence-corrected chi connectivity index (χ1v) is 6.83. The van der Waals surface area contributed by atoms with Gasteiger partial charge >= 0.3 is 0 Å². The first kappa shape index (κ1) is 12.4. The lowest BCUT2D eigenvalue weighted by molar-refractivity contribution is 0.417. The molecule has 0 radical (unpaired) electrons. The van der Waals surface area contributed by atoms with E-state index in [0.29, 0.717) is 0 Å². The van der Waals surface area contributed by atoms with Crippen LogP contribution in [0.5, 0.6) is 5.75 Å². The molecule has 1 aromatic carbocycles. The standard InChI is InChI=1S/C13H20N2OS/c1-13(2)9-15(7-8-17-13)10-5-4-6-11(16-3)12(10)14/h4-6H,7-9,14H2,1-3H3. The Bertz CT molecular complexity index is 406. The maximum Gasteiger partial charge on any atom is 0.143 e. The second-order valence-electron chi connectivity index (χ2n) is 4.92. The van der Waals surface area contributed by atoms with Gasteiger partial charge in [0.1, 0.15) is 5.75 Å². The van der Waals surface area contributed by atoms with Crippen LogP contribution < -0.4 is 15.4 Å². The first-order chi connectivity index (χ1) is 8.03. The van der Waals surface area contributed by atoms with Crippen LogP contribution in [0.3, 0.4) is 0 Å². The largest absolute Gasteiger partial charge is 0.495 e. The second kappa shape index (κ2) is 4.69. The van der Waals surface area contributed by atoms with Crippen molar-refractivity contribution in [3.8, 4) is 5.75 Å². The van der Waals surface area contributed by atoms with Crippen molar-refractivity contribution in [1.29, 1.82) is 0 Å². The molecule has 3 nitrogen and oxygen atoms in total. The third-order valence-corrected chi connectivity index (χ3v) is 4.33. The lowest BCUT2D eigenvalue weighted by Crippen LogP contribution is -2.43. The molecule has 0 unspecified atom stereocenters. The van der Waals surface area contributed by atoms with Crippen LogP contribution in [0.1, 0.15) is 13.8 Å². The SMILES string of the molecule is COc1cccc(N2CCSC(C)(C)C2)c1N. The Morgan fingerprint density at radius 1 is 1.41 bits per heavy atom. The fraction of sp³-hybridized carbons (Fsp3) is 0.538. The summed E-state index contributed by atoms with van der Waals surface area (Å²) in [6.07, 6.45) is 0. The molecule has 0 atom stereocenters. The van der Waals surface area contributed by atoms with Crippen LogP contribution in [0.4, 0.5) is 11.4 Å². The summed E-state index contributed by atoms with van der Waals surface area (Å²) < 4.78 is 5.56. The van der Waals surface area contributed by atoms with Gasteiger partial charge in [0, 0.05) is 23.6 Å². The van der Waals surface area contributed by atoms with Crippen LogP contribution in [0.2, 0.25) is 0 Å². The van der Waals surface area contributed by atoms with Gasteiger partial charge < -0.3 is 15.4 Å². The molecule has 2 rings (SSSR count). The minimum absolute atomic E-state index is 0.285. The van der Waals surface area contributed by atoms with Gasteiger partial charge in [0.05, 0.1) is 18.5 Å². The molecule has 1 heterocycles. The van der Waals surface area contributed by atoms with Gasteiger partial charge in [-0.2, -0.15) is 11.8 Å². The Morgan fingerprint density at radius 2 is 2.18 bits per heavy atom. The number of benzene rings is 1. The Kier molecular flexibility index (Phi) is 3.43. The lowest BCUT2D eigenvalue weighted by atomic mass is 10.1. The topological polar surface area (TPSA) is 38.5 Å². The van der Waals surface area contributed by atoms with E-state index in [9.17, 15) is 0 Å². The molecule has 17 heavy (non-hydrogen) atoms. The molecule has 0 aromatic heterocycles. The quantitative estimate of drug-likeness (QED) is 0.821. The van der Waals surface area contributed by atoms with E-state index in [1.54, 1.807) is 7.11 Å². The van der Waals surface area contributed by atoms with Gasteiger partial charge in [0.15, 0.2) is 0 Å². The fourth-order valence-corrected chi connectivity index (χ4v) is 3.32. The number of methoxy groups -OCH3 is 1. The molecular weight excluding hydrogens is 232 g/mol. The van der Waals surface area contributed by atoms with Gasteiger partial charge in [-0.25, -0.2) is 0 Å². The van der Waals surface area contributed by atoms with Crippen molar-refractivity contribution in [3.05, 3.63) is 18.2 Å². The normalized spacial score (nSPS) is 19.1. The molecule has 4 heteroatoms. The van der Waals surface area contributed by atoms with Crippen molar-refractivity contribution in [2.75, 3.05) is 36.6 Å². The minimum Gasteiger partial charge on any atom is -0.495 e. The number of para-hydroxylation sites is 1. The summed E-state index contributed by atoms with van der Waals surface area (Å²) in [6.45, 7) is 6.63. The highest BCUT2D eigenvalue weighted by molar-refractivity contribution is 8.00. The maximum absolute atomic E-state index is 6.14. The number of nitrogens with zero attached hydrogens (tertiary/aromatic N) is 1. The predicted octanol–water partition coefficient (Wildman–Crippen LogP) is 2.61. The van der Waals surface area contributed by atoms with E-state index < -0.39 is 0 Å². The second-order valence-corrected chi connectivity index (χ2v) is 6.72. The molecule has 1 fully saturated rings. The van der Waals surface area contributed by atoms with Crippen LogP contribution in [-0.4, -0.2) is 30.7 Å². The molecule has 2 N–H and O–H groups in total. The summed E-state index contributed by atoms with van der Waals surface area (Å²) >= 11 is 2.02. The summed E-state index contributed by atoms with van der Waals surface area (Å²) in [5, 5.41) is 0. The molecule has 1 aliphatic heterocycles. The van der Waals surface area contributed by atoms with Crippen molar-refractivity contribution in [2.45, 2.75) is 18.6 Å². The van der Waals surface area contributed by atoms with Gasteiger partial charge in [-0.05, 0) is 26.0 Å². The van der Waals surface area contributed by atoms with Gasteiger partial charge in [-0.1, -0.05) is 6.07 Å². The molecule has 1 aliphatic rings. The van der Waals surface area contributed by atoms with Crippen molar-refractivity contribution in [1.82, 2.24) is 0 Å². The number of anilines is 2. The number of hydrogen-bond acceptors (Lipinski definition) is 4. The number of rotatable bonds is 2. The Balaban J connectivity index is 2.28. The van der Waals surface area contributed by atoms with Crippen LogP contribution in [0, 0.1) is 0 Å². The van der Waals surface area contributed by atoms with E-state index in [1.165, 1.54) is 0 Å². The molecular formula is C13H20N2OS. The van der Waals surface area contributed by atoms with E-state index in [2.05, 4.69) is 24.8 Å². The summed E-state index contributed by atoms with van der Waals surface area (Å²) in [5.74, 6) is 1.91. The molecule has 0 aliphatic carbocycles. The van der Waals surface area contributed by atoms with Gasteiger partial charge in [0.25, 0.3) is 0 Å². The number of hydrogen-bond donors (Lipinski definition) is 1. The fourth-order valence-electron chi connectivity index (χ4n) is 2.21. The third kappa shape index (κ3) is 2.63. The number of nitrogen functional groups attached to an aromatic ring is 1. The van der Waals surface area contributed by atoms with E-state index in [-0.39, 0.29) is 4.75 Å². The van der Waals surface area contributed by atoms with E-state index in [0.717, 1.165) is 36.0 Å². The average Bonchev–Trinajstić information content (AvgIpc) is 2.28. The highest BCUT2D eigenvalue weighted by atomic mass is 32.2. The van der Waals surface area contributed by atoms with E-state index >= 15 is 0 Å². The van der Waals surface area contributed by atoms with Crippen LogP contribution in [0.15, 0.2) is 18.2 Å². The van der Waals surface area contributed by atoms with Gasteiger partial charge in [0.2, 0.25) is 0 Å². The monoisotopic (exact) mass is 252 g/mol. The first-order valence-electron chi connectivity index (χ1n) is 5.85. The summed E-state index contributed by atoms with van der Waals surface area (Å²) in [7, 11) is 1.66. The maximum atomic E-state index is 6.14. The van der Waals surface area contributed by atoms with Crippen LogP contribution in [-0.2, 0) is 0 Å². The van der Waals surface area contributed by atoms with Gasteiger partial charge in [-0.15, -0.1) is 0 Å². The zero-order chi connectivity index (χ0) is 12.5. The van der Waals surface area contributed by atoms with Gasteiger partial charge in [-0.3, -0.25) is 0 Å². The lowest BCUT2D eigenvalue weighted by Gasteiger charge is -2.39. The zero-order valence-corrected chi connectivity index (χ0v) is 11.5. The Labute approximate surface area is 107 Å². The van der Waals surface area contributed by atoms with Crippen LogP contribution >= 0.6 is 11.8 Å². The number of thioether (sulfide) groups is 1. The Morgan fingerprint density at radius 3 is 2.82 bits per heavy atom. The summed E-state index contributed by atoms with van der Waals surface area (Å²) in [6, 6.07) is 5.98. The zero-order valence-electron chi connectivity index (χ0n) is 10.7. The Hall–Kier alpha value is -1.03. The molecule has 0 saturated carbocycles. The number of ether oxygens (including phenoxy) is 1. The molecule has 94 valence electrons. The molecule has 1 aromatic rings.